The van der Waals surface area contributed by atoms with Crippen LogP contribution in [0.5, 0.6) is 0 Å². The monoisotopic (exact) mass is 410 g/mol. The van der Waals surface area contributed by atoms with E-state index in [1.54, 1.807) is 4.57 Å². The number of rotatable bonds is 8. The zero-order valence-corrected chi connectivity index (χ0v) is 16.3. The van der Waals surface area contributed by atoms with Gasteiger partial charge < -0.3 is 9.88 Å². The van der Waals surface area contributed by atoms with Gasteiger partial charge >= 0.3 is 11.4 Å². The lowest BCUT2D eigenvalue weighted by Gasteiger charge is -2.06. The molecule has 2 heterocycles. The van der Waals surface area contributed by atoms with Gasteiger partial charge in [-0.15, -0.1) is 0 Å². The van der Waals surface area contributed by atoms with E-state index in [0.717, 1.165) is 24.4 Å². The van der Waals surface area contributed by atoms with E-state index in [-0.39, 0.29) is 37.7 Å². The van der Waals surface area contributed by atoms with Crippen molar-refractivity contribution in [3.63, 3.8) is 0 Å². The van der Waals surface area contributed by atoms with Crippen molar-refractivity contribution in [3.05, 3.63) is 79.7 Å². The highest BCUT2D eigenvalue weighted by atomic mass is 16.2. The minimum Gasteiger partial charge on any atom is -0.354 e. The van der Waals surface area contributed by atoms with Gasteiger partial charge in [0.25, 0.3) is 5.56 Å². The van der Waals surface area contributed by atoms with Crippen molar-refractivity contribution in [2.75, 3.05) is 6.54 Å². The third kappa shape index (κ3) is 4.32. The second-order valence-electron chi connectivity index (χ2n) is 7.21. The summed E-state index contributed by atoms with van der Waals surface area (Å²) in [7, 11) is 0. The Labute approximate surface area is 170 Å². The fourth-order valence-electron chi connectivity index (χ4n) is 3.23. The van der Waals surface area contributed by atoms with Gasteiger partial charge in [-0.2, -0.15) is 5.10 Å². The Morgan fingerprint density at radius 2 is 1.87 bits per heavy atom. The average Bonchev–Trinajstić information content (AvgIpc) is 3.52. The molecule has 1 saturated carbocycles. The van der Waals surface area contributed by atoms with Gasteiger partial charge in [-0.25, -0.2) is 18.8 Å². The molecule has 0 bridgehead atoms. The number of amides is 1. The fourth-order valence-corrected chi connectivity index (χ4v) is 3.23. The molecule has 156 valence electrons. The number of hydrogen-bond donors (Lipinski definition) is 2. The van der Waals surface area contributed by atoms with Crippen molar-refractivity contribution >= 4 is 5.91 Å². The highest BCUT2D eigenvalue weighted by Crippen LogP contribution is 2.39. The minimum atomic E-state index is -0.555. The first kappa shape index (κ1) is 19.6. The van der Waals surface area contributed by atoms with E-state index >= 15 is 0 Å². The molecule has 2 aromatic heterocycles. The van der Waals surface area contributed by atoms with Crippen LogP contribution < -0.4 is 22.3 Å². The largest absolute Gasteiger partial charge is 0.354 e. The van der Waals surface area contributed by atoms with Crippen LogP contribution >= 0.6 is 0 Å². The number of benzene rings is 1. The van der Waals surface area contributed by atoms with Crippen LogP contribution in [0.1, 0.15) is 31.0 Å². The van der Waals surface area contributed by atoms with E-state index in [9.17, 15) is 19.2 Å². The molecule has 0 spiro atoms. The molecule has 1 aromatic carbocycles. The number of aryl methyl sites for hydroxylation is 1. The number of nitrogens with one attached hydrogen (secondary N) is 2. The number of hydrogen-bond acceptors (Lipinski definition) is 5. The Kier molecular flexibility index (Phi) is 5.46. The van der Waals surface area contributed by atoms with Gasteiger partial charge in [0.2, 0.25) is 5.91 Å². The average molecular weight is 410 g/mol. The zero-order valence-electron chi connectivity index (χ0n) is 16.3. The summed E-state index contributed by atoms with van der Waals surface area (Å²) in [5.41, 5.74) is -0.476. The lowest BCUT2D eigenvalue weighted by molar-refractivity contribution is -0.121. The summed E-state index contributed by atoms with van der Waals surface area (Å²) in [6.07, 6.45) is 3.46. The van der Waals surface area contributed by atoms with E-state index in [1.807, 2.05) is 30.3 Å². The van der Waals surface area contributed by atoms with Crippen molar-refractivity contribution in [1.29, 1.82) is 0 Å². The molecule has 4 rings (SSSR count). The molecule has 0 aliphatic heterocycles. The first-order chi connectivity index (χ1) is 14.5. The second-order valence-corrected chi connectivity index (χ2v) is 7.21. The number of carbonyl (C=O) groups is 1. The molecule has 1 aliphatic rings. The topological polar surface area (TPSA) is 124 Å². The van der Waals surface area contributed by atoms with Crippen LogP contribution in [0, 0.1) is 0 Å². The number of nitrogens with zero attached hydrogens (tertiary/aromatic N) is 4. The molecule has 0 atom stereocenters. The standard InChI is InChI=1S/C20H22N6O4/c27-16(8-11-24-12-9-17(28)22-19(24)29)21-10-13-25-20(30)26(15-4-2-1-3-5-15)18(23-25)14-6-7-14/h1-5,9,12,14H,6-8,10-11,13H2,(H,21,27)(H,22,28,29). The third-order valence-corrected chi connectivity index (χ3v) is 4.94. The Hall–Kier alpha value is -3.69. The predicted molar refractivity (Wildman–Crippen MR) is 109 cm³/mol. The van der Waals surface area contributed by atoms with Crippen LogP contribution in [-0.4, -0.2) is 36.4 Å². The maximum atomic E-state index is 12.9. The summed E-state index contributed by atoms with van der Waals surface area (Å²) in [5, 5.41) is 7.23. The van der Waals surface area contributed by atoms with E-state index < -0.39 is 11.2 Å². The van der Waals surface area contributed by atoms with Crippen molar-refractivity contribution in [1.82, 2.24) is 29.2 Å². The maximum Gasteiger partial charge on any atom is 0.350 e. The molecule has 0 unspecified atom stereocenters. The normalized spacial score (nSPS) is 13.3. The summed E-state index contributed by atoms with van der Waals surface area (Å²) in [4.78, 5) is 49.8. The lowest BCUT2D eigenvalue weighted by atomic mass is 10.3. The molecule has 0 saturated heterocycles. The van der Waals surface area contributed by atoms with Crippen LogP contribution in [0.15, 0.2) is 57.0 Å². The number of para-hydroxylation sites is 1. The van der Waals surface area contributed by atoms with Crippen LogP contribution in [0.25, 0.3) is 5.69 Å². The summed E-state index contributed by atoms with van der Waals surface area (Å²) >= 11 is 0. The summed E-state index contributed by atoms with van der Waals surface area (Å²) in [5.74, 6) is 0.797. The van der Waals surface area contributed by atoms with Crippen molar-refractivity contribution in [2.45, 2.75) is 38.3 Å². The van der Waals surface area contributed by atoms with E-state index in [2.05, 4.69) is 15.4 Å². The summed E-state index contributed by atoms with van der Waals surface area (Å²) in [6, 6.07) is 10.6. The number of aromatic nitrogens is 5. The van der Waals surface area contributed by atoms with Crippen LogP contribution in [0.4, 0.5) is 0 Å². The molecular formula is C20H22N6O4. The Balaban J connectivity index is 1.37. The molecular weight excluding hydrogens is 388 g/mol. The summed E-state index contributed by atoms with van der Waals surface area (Å²) < 4.78 is 4.28. The van der Waals surface area contributed by atoms with Gasteiger partial charge in [-0.1, -0.05) is 18.2 Å². The van der Waals surface area contributed by atoms with Crippen LogP contribution in [-0.2, 0) is 17.9 Å². The molecule has 10 nitrogen and oxygen atoms in total. The molecule has 10 heteroatoms. The zero-order chi connectivity index (χ0) is 21.1. The Morgan fingerprint density at radius 1 is 1.10 bits per heavy atom. The quantitative estimate of drug-likeness (QED) is 0.540. The smallest absolute Gasteiger partial charge is 0.350 e. The lowest BCUT2D eigenvalue weighted by Crippen LogP contribution is -2.34. The van der Waals surface area contributed by atoms with Gasteiger partial charge in [0.05, 0.1) is 12.2 Å². The van der Waals surface area contributed by atoms with Crippen LogP contribution in [0.2, 0.25) is 0 Å². The third-order valence-electron chi connectivity index (χ3n) is 4.94. The molecule has 0 radical (unpaired) electrons. The van der Waals surface area contributed by atoms with Crippen LogP contribution in [0.3, 0.4) is 0 Å². The number of aromatic amines is 1. The van der Waals surface area contributed by atoms with Gasteiger partial charge in [0, 0.05) is 37.7 Å². The Bertz CT molecular complexity index is 1220. The first-order valence-corrected chi connectivity index (χ1v) is 9.84. The van der Waals surface area contributed by atoms with Crippen molar-refractivity contribution < 1.29 is 4.79 Å². The first-order valence-electron chi connectivity index (χ1n) is 9.84. The summed E-state index contributed by atoms with van der Waals surface area (Å²) in [6.45, 7) is 0.647. The highest BCUT2D eigenvalue weighted by molar-refractivity contribution is 5.75. The molecule has 2 N–H and O–H groups in total. The fraction of sp³-hybridized carbons (Fsp3) is 0.350. The van der Waals surface area contributed by atoms with E-state index in [0.29, 0.717) is 5.92 Å². The highest BCUT2D eigenvalue weighted by Gasteiger charge is 2.31. The van der Waals surface area contributed by atoms with Gasteiger partial charge in [0.15, 0.2) is 0 Å². The predicted octanol–water partition coefficient (Wildman–Crippen LogP) is -0.0321. The van der Waals surface area contributed by atoms with Gasteiger partial charge in [0.1, 0.15) is 5.82 Å². The second kappa shape index (κ2) is 8.36. The number of H-pyrrole nitrogens is 1. The molecule has 30 heavy (non-hydrogen) atoms. The van der Waals surface area contributed by atoms with Gasteiger partial charge in [-0.05, 0) is 25.0 Å². The molecule has 1 aliphatic carbocycles. The Morgan fingerprint density at radius 3 is 2.57 bits per heavy atom. The SMILES string of the molecule is O=C(CCn1ccc(=O)[nH]c1=O)NCCn1nc(C2CC2)n(-c2ccccc2)c1=O. The van der Waals surface area contributed by atoms with Gasteiger partial charge in [-0.3, -0.25) is 14.6 Å². The molecule has 3 aromatic rings. The molecule has 1 amide bonds. The van der Waals surface area contributed by atoms with E-state index in [1.165, 1.54) is 21.5 Å². The van der Waals surface area contributed by atoms with Crippen molar-refractivity contribution in [2.24, 2.45) is 0 Å². The number of carbonyl (C=O) groups excluding carboxylic acids is 1. The minimum absolute atomic E-state index is 0.0760. The van der Waals surface area contributed by atoms with Crippen molar-refractivity contribution in [3.8, 4) is 5.69 Å². The maximum absolute atomic E-state index is 12.9. The molecule has 1 fully saturated rings. The van der Waals surface area contributed by atoms with E-state index in [4.69, 9.17) is 0 Å².